The van der Waals surface area contributed by atoms with Crippen molar-refractivity contribution < 1.29 is 14.5 Å². The first kappa shape index (κ1) is 19.6. The third-order valence-electron chi connectivity index (χ3n) is 3.67. The van der Waals surface area contributed by atoms with Gasteiger partial charge in [-0.3, -0.25) is 19.8 Å². The predicted molar refractivity (Wildman–Crippen MR) is 112 cm³/mol. The molecule has 0 N–H and O–H groups in total. The van der Waals surface area contributed by atoms with Crippen molar-refractivity contribution in [2.75, 3.05) is 12.0 Å². The maximum atomic E-state index is 12.9. The summed E-state index contributed by atoms with van der Waals surface area (Å²) in [5, 5.41) is 11.2. The molecule has 1 heterocycles. The standard InChI is InChI=1S/C17H10Cl2N2O4S2/c1-25-14-5-3-2-4-12(14)20-16(22)15(27-17(20)26)7-9-6-13(21(23)24)11(19)8-10(9)18/h2-8H,1H3/b15-7-. The lowest BCUT2D eigenvalue weighted by Crippen LogP contribution is -2.27. The highest BCUT2D eigenvalue weighted by Gasteiger charge is 2.35. The number of carbonyl (C=O) groups is 1. The van der Waals surface area contributed by atoms with Crippen LogP contribution in [0.3, 0.4) is 0 Å². The molecule has 0 radical (unpaired) electrons. The van der Waals surface area contributed by atoms with E-state index in [9.17, 15) is 14.9 Å². The fraction of sp³-hybridized carbons (Fsp3) is 0.0588. The van der Waals surface area contributed by atoms with E-state index in [1.165, 1.54) is 30.2 Å². The van der Waals surface area contributed by atoms with E-state index >= 15 is 0 Å². The van der Waals surface area contributed by atoms with E-state index in [1.54, 1.807) is 24.3 Å². The molecular formula is C17H10Cl2N2O4S2. The van der Waals surface area contributed by atoms with E-state index in [1.807, 2.05) is 0 Å². The molecule has 1 aliphatic heterocycles. The number of para-hydroxylation sites is 2. The monoisotopic (exact) mass is 440 g/mol. The second-order valence-electron chi connectivity index (χ2n) is 5.27. The number of nitrogens with zero attached hydrogens (tertiary/aromatic N) is 2. The van der Waals surface area contributed by atoms with Crippen LogP contribution in [0.15, 0.2) is 41.3 Å². The Bertz CT molecular complexity index is 1010. The van der Waals surface area contributed by atoms with E-state index in [0.29, 0.717) is 21.3 Å². The van der Waals surface area contributed by atoms with Gasteiger partial charge in [0.1, 0.15) is 10.8 Å². The van der Waals surface area contributed by atoms with Gasteiger partial charge in [-0.1, -0.05) is 59.3 Å². The third kappa shape index (κ3) is 3.79. The molecular weight excluding hydrogens is 431 g/mol. The van der Waals surface area contributed by atoms with Crippen LogP contribution in [-0.2, 0) is 4.79 Å². The Kier molecular flexibility index (Phi) is 5.71. The summed E-state index contributed by atoms with van der Waals surface area (Å²) in [5.74, 6) is 0.124. The molecule has 0 bridgehead atoms. The number of benzene rings is 2. The minimum atomic E-state index is -0.615. The molecule has 0 spiro atoms. The van der Waals surface area contributed by atoms with Crippen molar-refractivity contribution >= 4 is 74.9 Å². The second kappa shape index (κ2) is 7.85. The Hall–Kier alpha value is -2.13. The summed E-state index contributed by atoms with van der Waals surface area (Å²) in [6.45, 7) is 0. The fourth-order valence-electron chi connectivity index (χ4n) is 2.44. The zero-order valence-corrected chi connectivity index (χ0v) is 16.8. The van der Waals surface area contributed by atoms with Crippen molar-refractivity contribution in [3.63, 3.8) is 0 Å². The van der Waals surface area contributed by atoms with Gasteiger partial charge < -0.3 is 4.74 Å². The average Bonchev–Trinajstić information content (AvgIpc) is 2.90. The smallest absolute Gasteiger partial charge is 0.288 e. The number of ether oxygens (including phenoxy) is 1. The Morgan fingerprint density at radius 1 is 1.26 bits per heavy atom. The van der Waals surface area contributed by atoms with Crippen molar-refractivity contribution in [3.8, 4) is 5.75 Å². The highest BCUT2D eigenvalue weighted by Crippen LogP contribution is 2.41. The molecule has 1 aliphatic rings. The summed E-state index contributed by atoms with van der Waals surface area (Å²) in [6, 6.07) is 9.47. The summed E-state index contributed by atoms with van der Waals surface area (Å²) in [4.78, 5) is 25.0. The first-order valence-electron chi connectivity index (χ1n) is 7.38. The van der Waals surface area contributed by atoms with Gasteiger partial charge in [-0.15, -0.1) is 0 Å². The molecule has 0 aliphatic carbocycles. The number of carbonyl (C=O) groups excluding carboxylic acids is 1. The van der Waals surface area contributed by atoms with Gasteiger partial charge in [0.25, 0.3) is 11.6 Å². The van der Waals surface area contributed by atoms with Crippen LogP contribution in [0.2, 0.25) is 10.0 Å². The number of hydrogen-bond donors (Lipinski definition) is 0. The lowest BCUT2D eigenvalue weighted by molar-refractivity contribution is -0.384. The zero-order valence-electron chi connectivity index (χ0n) is 13.6. The van der Waals surface area contributed by atoms with E-state index in [-0.39, 0.29) is 26.5 Å². The zero-order chi connectivity index (χ0) is 19.7. The highest BCUT2D eigenvalue weighted by molar-refractivity contribution is 8.27. The second-order valence-corrected chi connectivity index (χ2v) is 7.76. The van der Waals surface area contributed by atoms with Gasteiger partial charge in [-0.25, -0.2) is 0 Å². The summed E-state index contributed by atoms with van der Waals surface area (Å²) in [7, 11) is 1.50. The van der Waals surface area contributed by atoms with Crippen LogP contribution in [0.1, 0.15) is 5.56 Å². The van der Waals surface area contributed by atoms with Crippen LogP contribution in [0.5, 0.6) is 5.75 Å². The van der Waals surface area contributed by atoms with Crippen molar-refractivity contribution in [1.29, 1.82) is 0 Å². The average molecular weight is 441 g/mol. The first-order valence-corrected chi connectivity index (χ1v) is 9.36. The molecule has 2 aromatic rings. The van der Waals surface area contributed by atoms with Crippen LogP contribution >= 0.6 is 47.2 Å². The van der Waals surface area contributed by atoms with Gasteiger partial charge in [0.2, 0.25) is 0 Å². The molecule has 2 aromatic carbocycles. The Morgan fingerprint density at radius 3 is 2.63 bits per heavy atom. The summed E-state index contributed by atoms with van der Waals surface area (Å²) in [5.41, 5.74) is 0.514. The molecule has 0 saturated carbocycles. The van der Waals surface area contributed by atoms with Gasteiger partial charge in [0.15, 0.2) is 4.32 Å². The molecule has 138 valence electrons. The summed E-state index contributed by atoms with van der Waals surface area (Å²) in [6.07, 6.45) is 1.46. The summed E-state index contributed by atoms with van der Waals surface area (Å²) < 4.78 is 5.60. The van der Waals surface area contributed by atoms with Crippen molar-refractivity contribution in [2.24, 2.45) is 0 Å². The molecule has 1 fully saturated rings. The topological polar surface area (TPSA) is 72.7 Å². The SMILES string of the molecule is COc1ccccc1N1C(=O)/C(=C/c2cc([N+](=O)[O-])c(Cl)cc2Cl)SC1=S. The number of methoxy groups -OCH3 is 1. The largest absolute Gasteiger partial charge is 0.495 e. The third-order valence-corrected chi connectivity index (χ3v) is 5.60. The quantitative estimate of drug-likeness (QED) is 0.277. The Balaban J connectivity index is 2.03. The molecule has 0 aromatic heterocycles. The number of anilines is 1. The lowest BCUT2D eigenvalue weighted by Gasteiger charge is -2.17. The van der Waals surface area contributed by atoms with Crippen LogP contribution in [-0.4, -0.2) is 22.3 Å². The molecule has 0 unspecified atom stereocenters. The van der Waals surface area contributed by atoms with Crippen LogP contribution in [0.4, 0.5) is 11.4 Å². The lowest BCUT2D eigenvalue weighted by atomic mass is 10.1. The first-order chi connectivity index (χ1) is 12.8. The Labute approximate surface area is 173 Å². The van der Waals surface area contributed by atoms with Gasteiger partial charge >= 0.3 is 0 Å². The van der Waals surface area contributed by atoms with Gasteiger partial charge in [0, 0.05) is 16.7 Å². The molecule has 3 rings (SSSR count). The fourth-order valence-corrected chi connectivity index (χ4v) is 4.22. The number of halogens is 2. The minimum Gasteiger partial charge on any atom is -0.495 e. The summed E-state index contributed by atoms with van der Waals surface area (Å²) >= 11 is 18.4. The maximum absolute atomic E-state index is 12.9. The molecule has 1 amide bonds. The highest BCUT2D eigenvalue weighted by atomic mass is 35.5. The predicted octanol–water partition coefficient (Wildman–Crippen LogP) is 5.32. The minimum absolute atomic E-state index is 0.0799. The number of amides is 1. The van der Waals surface area contributed by atoms with Gasteiger partial charge in [-0.05, 0) is 24.3 Å². The number of thiocarbonyl (C=S) groups is 1. The van der Waals surface area contributed by atoms with Crippen LogP contribution in [0, 0.1) is 10.1 Å². The van der Waals surface area contributed by atoms with E-state index < -0.39 is 4.92 Å². The Morgan fingerprint density at radius 2 is 1.96 bits per heavy atom. The molecule has 0 atom stereocenters. The number of nitro groups is 1. The van der Waals surface area contributed by atoms with Crippen molar-refractivity contribution in [1.82, 2.24) is 0 Å². The number of nitro benzene ring substituents is 1. The van der Waals surface area contributed by atoms with Crippen molar-refractivity contribution in [2.45, 2.75) is 0 Å². The number of thioether (sulfide) groups is 1. The molecule has 1 saturated heterocycles. The maximum Gasteiger partial charge on any atom is 0.288 e. The number of rotatable bonds is 4. The van der Waals surface area contributed by atoms with E-state index in [0.717, 1.165) is 11.8 Å². The molecule has 6 nitrogen and oxygen atoms in total. The number of hydrogen-bond acceptors (Lipinski definition) is 6. The van der Waals surface area contributed by atoms with E-state index in [2.05, 4.69) is 0 Å². The van der Waals surface area contributed by atoms with Gasteiger partial charge in [-0.2, -0.15) is 0 Å². The van der Waals surface area contributed by atoms with Gasteiger partial charge in [0.05, 0.1) is 22.6 Å². The molecule has 10 heteroatoms. The van der Waals surface area contributed by atoms with Crippen LogP contribution in [0.25, 0.3) is 6.08 Å². The van der Waals surface area contributed by atoms with Crippen molar-refractivity contribution in [3.05, 3.63) is 67.0 Å². The van der Waals surface area contributed by atoms with Crippen LogP contribution < -0.4 is 9.64 Å². The normalized spacial score (nSPS) is 15.5. The van der Waals surface area contributed by atoms with E-state index in [4.69, 9.17) is 40.2 Å². The molecule has 27 heavy (non-hydrogen) atoms.